The largest absolute Gasteiger partial charge is 0.483 e. The SMILES string of the molecule is COC(Cn1cc(C(C)=O)c(=O)c(OCc2ccccc2)c1C(=O)NCc1ccc(F)c(Cl)c1)OC. The lowest BCUT2D eigenvalue weighted by atomic mass is 10.1. The molecule has 1 aromatic heterocycles. The molecule has 1 N–H and O–H groups in total. The van der Waals surface area contributed by atoms with Gasteiger partial charge in [-0.1, -0.05) is 48.0 Å². The maximum atomic E-state index is 13.5. The number of amides is 1. The van der Waals surface area contributed by atoms with Gasteiger partial charge in [-0.2, -0.15) is 0 Å². The lowest BCUT2D eigenvalue weighted by Crippen LogP contribution is -2.34. The average Bonchev–Trinajstić information content (AvgIpc) is 2.87. The molecule has 0 aliphatic carbocycles. The molecule has 0 unspecified atom stereocenters. The molecule has 1 heterocycles. The number of ether oxygens (including phenoxy) is 3. The van der Waals surface area contributed by atoms with Crippen molar-refractivity contribution in [2.75, 3.05) is 14.2 Å². The molecule has 0 aliphatic heterocycles. The third kappa shape index (κ3) is 6.57. The molecule has 0 fully saturated rings. The highest BCUT2D eigenvalue weighted by atomic mass is 35.5. The number of halogens is 2. The quantitative estimate of drug-likeness (QED) is 0.306. The fraction of sp³-hybridized carbons (Fsp3) is 0.269. The maximum Gasteiger partial charge on any atom is 0.272 e. The fourth-order valence-corrected chi connectivity index (χ4v) is 3.66. The second-order valence-corrected chi connectivity index (χ2v) is 8.27. The van der Waals surface area contributed by atoms with E-state index in [1.54, 1.807) is 12.1 Å². The summed E-state index contributed by atoms with van der Waals surface area (Å²) < 4.78 is 31.3. The zero-order chi connectivity index (χ0) is 26.2. The summed E-state index contributed by atoms with van der Waals surface area (Å²) in [5, 5.41) is 2.62. The molecule has 3 rings (SSSR count). The van der Waals surface area contributed by atoms with E-state index in [0.717, 1.165) is 5.56 Å². The van der Waals surface area contributed by atoms with Gasteiger partial charge in [0.15, 0.2) is 23.5 Å². The summed E-state index contributed by atoms with van der Waals surface area (Å²) in [7, 11) is 2.85. The third-order valence-electron chi connectivity index (χ3n) is 5.37. The number of nitrogens with one attached hydrogen (secondary N) is 1. The Hall–Kier alpha value is -3.53. The van der Waals surface area contributed by atoms with Crippen LogP contribution in [0.25, 0.3) is 0 Å². The lowest BCUT2D eigenvalue weighted by Gasteiger charge is -2.22. The molecule has 0 atom stereocenters. The highest BCUT2D eigenvalue weighted by Gasteiger charge is 2.26. The van der Waals surface area contributed by atoms with Crippen molar-refractivity contribution in [3.05, 3.63) is 98.2 Å². The molecular weight excluding hydrogens is 491 g/mol. The Morgan fingerprint density at radius 3 is 2.39 bits per heavy atom. The molecule has 0 spiro atoms. The van der Waals surface area contributed by atoms with E-state index >= 15 is 0 Å². The summed E-state index contributed by atoms with van der Waals surface area (Å²) in [4.78, 5) is 38.9. The van der Waals surface area contributed by atoms with Crippen molar-refractivity contribution in [1.82, 2.24) is 9.88 Å². The summed E-state index contributed by atoms with van der Waals surface area (Å²) in [6, 6.07) is 13.1. The summed E-state index contributed by atoms with van der Waals surface area (Å²) in [5.74, 6) is -2.01. The van der Waals surface area contributed by atoms with Gasteiger partial charge in [-0.25, -0.2) is 4.39 Å². The second kappa shape index (κ2) is 12.4. The standard InChI is InChI=1S/C26H26ClFN2O6/c1-16(31)19-13-30(14-22(34-2)35-3)23(25(24(19)32)36-15-17-7-5-4-6-8-17)26(33)29-12-18-9-10-21(28)20(27)11-18/h4-11,13,22H,12,14-15H2,1-3H3,(H,29,33). The highest BCUT2D eigenvalue weighted by molar-refractivity contribution is 6.30. The number of carbonyl (C=O) groups excluding carboxylic acids is 2. The molecule has 2 aromatic carbocycles. The zero-order valence-electron chi connectivity index (χ0n) is 20.0. The van der Waals surface area contributed by atoms with E-state index in [0.29, 0.717) is 5.56 Å². The topological polar surface area (TPSA) is 95.9 Å². The molecule has 1 amide bonds. The van der Waals surface area contributed by atoms with E-state index in [1.807, 2.05) is 18.2 Å². The molecule has 8 nitrogen and oxygen atoms in total. The van der Waals surface area contributed by atoms with Crippen LogP contribution in [0, 0.1) is 5.82 Å². The Morgan fingerprint density at radius 1 is 1.08 bits per heavy atom. The minimum atomic E-state index is -0.781. The molecule has 10 heteroatoms. The molecular formula is C26H26ClFN2O6. The molecule has 3 aromatic rings. The van der Waals surface area contributed by atoms with Gasteiger partial charge in [0.1, 0.15) is 12.4 Å². The fourth-order valence-electron chi connectivity index (χ4n) is 3.45. The highest BCUT2D eigenvalue weighted by Crippen LogP contribution is 2.20. The minimum Gasteiger partial charge on any atom is -0.483 e. The normalized spacial score (nSPS) is 10.9. The Morgan fingerprint density at radius 2 is 1.78 bits per heavy atom. The second-order valence-electron chi connectivity index (χ2n) is 7.86. The predicted octanol–water partition coefficient (Wildman–Crippen LogP) is 3.97. The van der Waals surface area contributed by atoms with E-state index in [2.05, 4.69) is 5.32 Å². The van der Waals surface area contributed by atoms with E-state index in [4.69, 9.17) is 25.8 Å². The van der Waals surface area contributed by atoms with Crippen molar-refractivity contribution < 1.29 is 28.2 Å². The van der Waals surface area contributed by atoms with Crippen molar-refractivity contribution in [2.45, 2.75) is 32.9 Å². The van der Waals surface area contributed by atoms with E-state index < -0.39 is 29.2 Å². The van der Waals surface area contributed by atoms with E-state index in [9.17, 15) is 18.8 Å². The van der Waals surface area contributed by atoms with E-state index in [-0.39, 0.29) is 41.7 Å². The predicted molar refractivity (Wildman–Crippen MR) is 132 cm³/mol. The third-order valence-corrected chi connectivity index (χ3v) is 5.66. The van der Waals surface area contributed by atoms with Crippen LogP contribution in [-0.4, -0.2) is 36.8 Å². The van der Waals surface area contributed by atoms with Gasteiger partial charge in [-0.05, 0) is 30.2 Å². The zero-order valence-corrected chi connectivity index (χ0v) is 20.8. The first kappa shape index (κ1) is 27.1. The number of methoxy groups -OCH3 is 2. The molecule has 36 heavy (non-hydrogen) atoms. The number of nitrogens with zero attached hydrogens (tertiary/aromatic N) is 1. The van der Waals surface area contributed by atoms with Crippen LogP contribution in [0.3, 0.4) is 0 Å². The Kier molecular flexibility index (Phi) is 9.35. The molecule has 0 saturated carbocycles. The van der Waals surface area contributed by atoms with Gasteiger partial charge in [0.25, 0.3) is 5.91 Å². The van der Waals surface area contributed by atoms with Gasteiger partial charge in [-0.15, -0.1) is 0 Å². The number of rotatable bonds is 11. The van der Waals surface area contributed by atoms with Gasteiger partial charge in [0, 0.05) is 27.0 Å². The Labute approximate surface area is 212 Å². The van der Waals surface area contributed by atoms with Gasteiger partial charge in [-0.3, -0.25) is 14.4 Å². The van der Waals surface area contributed by atoms with Crippen LogP contribution in [-0.2, 0) is 29.2 Å². The number of aromatic nitrogens is 1. The number of ketones is 1. The first-order chi connectivity index (χ1) is 17.2. The van der Waals surface area contributed by atoms with Crippen molar-refractivity contribution in [1.29, 1.82) is 0 Å². The first-order valence-electron chi connectivity index (χ1n) is 11.0. The summed E-state index contributed by atoms with van der Waals surface area (Å²) in [6.07, 6.45) is 0.506. The number of carbonyl (C=O) groups is 2. The molecule has 0 bridgehead atoms. The van der Waals surface area contributed by atoms with Crippen LogP contribution in [0.5, 0.6) is 5.75 Å². The first-order valence-corrected chi connectivity index (χ1v) is 11.4. The maximum absolute atomic E-state index is 13.5. The molecule has 190 valence electrons. The number of Topliss-reactive ketones (excluding diaryl/α,β-unsaturated/α-hetero) is 1. The number of pyridine rings is 1. The van der Waals surface area contributed by atoms with Gasteiger partial charge in [0.05, 0.1) is 17.1 Å². The monoisotopic (exact) mass is 516 g/mol. The number of benzene rings is 2. The van der Waals surface area contributed by atoms with Crippen LogP contribution >= 0.6 is 11.6 Å². The lowest BCUT2D eigenvalue weighted by molar-refractivity contribution is -0.111. The summed E-state index contributed by atoms with van der Waals surface area (Å²) in [6.45, 7) is 1.23. The number of hydrogen-bond acceptors (Lipinski definition) is 6. The van der Waals surface area contributed by atoms with Gasteiger partial charge >= 0.3 is 0 Å². The Bertz CT molecular complexity index is 1290. The van der Waals surface area contributed by atoms with Crippen LogP contribution in [0.1, 0.15) is 38.9 Å². The summed E-state index contributed by atoms with van der Waals surface area (Å²) in [5.41, 5.74) is 0.327. The molecule has 0 radical (unpaired) electrons. The van der Waals surface area contributed by atoms with Crippen molar-refractivity contribution in [3.8, 4) is 5.75 Å². The average molecular weight is 517 g/mol. The number of hydrogen-bond donors (Lipinski definition) is 1. The van der Waals surface area contributed by atoms with Crippen molar-refractivity contribution in [2.24, 2.45) is 0 Å². The van der Waals surface area contributed by atoms with Crippen molar-refractivity contribution in [3.63, 3.8) is 0 Å². The summed E-state index contributed by atoms with van der Waals surface area (Å²) >= 11 is 5.84. The van der Waals surface area contributed by atoms with Crippen molar-refractivity contribution >= 4 is 23.3 Å². The Balaban J connectivity index is 2.05. The van der Waals surface area contributed by atoms with Crippen LogP contribution < -0.4 is 15.5 Å². The van der Waals surface area contributed by atoms with E-state index in [1.165, 1.54) is 50.1 Å². The van der Waals surface area contributed by atoms with Crippen LogP contribution in [0.15, 0.2) is 59.5 Å². The van der Waals surface area contributed by atoms with Crippen LogP contribution in [0.4, 0.5) is 4.39 Å². The smallest absolute Gasteiger partial charge is 0.272 e. The minimum absolute atomic E-state index is 0.00239. The van der Waals surface area contributed by atoms with Crippen LogP contribution in [0.2, 0.25) is 5.02 Å². The van der Waals surface area contributed by atoms with Gasteiger partial charge < -0.3 is 24.1 Å². The van der Waals surface area contributed by atoms with Gasteiger partial charge in [0.2, 0.25) is 5.43 Å². The molecule has 0 saturated heterocycles. The molecule has 0 aliphatic rings.